The van der Waals surface area contributed by atoms with Crippen LogP contribution in [0.2, 0.25) is 0 Å². The van der Waals surface area contributed by atoms with Gasteiger partial charge in [-0.15, -0.1) is 10.2 Å². The van der Waals surface area contributed by atoms with E-state index >= 15 is 0 Å². The number of carbonyl (C=O) groups excluding carboxylic acids is 1. The monoisotopic (exact) mass is 396 g/mol. The maximum atomic E-state index is 12.4. The fourth-order valence-corrected chi connectivity index (χ4v) is 4.07. The standard InChI is InChI=1S/C21H24N4O2S/c1-4-8-18(20(26)27-5-2)28-21-24-23-19(16-11-13-22-14-12-16)25(21)17-10-7-6-9-15(17)3/h6-7,9-14,18H,4-5,8H2,1-3H3. The van der Waals surface area contributed by atoms with Gasteiger partial charge in [0.2, 0.25) is 0 Å². The summed E-state index contributed by atoms with van der Waals surface area (Å²) in [4.78, 5) is 16.5. The van der Waals surface area contributed by atoms with Crippen molar-refractivity contribution in [3.63, 3.8) is 0 Å². The number of para-hydroxylation sites is 1. The van der Waals surface area contributed by atoms with E-state index in [0.29, 0.717) is 18.2 Å². The Morgan fingerprint density at radius 3 is 2.57 bits per heavy atom. The fraction of sp³-hybridized carbons (Fsp3) is 0.333. The van der Waals surface area contributed by atoms with E-state index in [1.165, 1.54) is 11.8 Å². The smallest absolute Gasteiger partial charge is 0.319 e. The molecule has 0 aliphatic rings. The number of thioether (sulfide) groups is 1. The summed E-state index contributed by atoms with van der Waals surface area (Å²) in [5, 5.41) is 9.21. The van der Waals surface area contributed by atoms with Crippen molar-refractivity contribution in [2.24, 2.45) is 0 Å². The number of carbonyl (C=O) groups is 1. The Hall–Kier alpha value is -2.67. The second kappa shape index (κ2) is 9.50. The molecule has 1 aromatic carbocycles. The van der Waals surface area contributed by atoms with Crippen LogP contribution in [0, 0.1) is 6.92 Å². The van der Waals surface area contributed by atoms with Crippen LogP contribution < -0.4 is 0 Å². The molecule has 2 heterocycles. The predicted octanol–water partition coefficient (Wildman–Crippen LogP) is 4.46. The molecule has 0 saturated carbocycles. The lowest BCUT2D eigenvalue weighted by atomic mass is 10.2. The second-order valence-corrected chi connectivity index (χ2v) is 7.48. The van der Waals surface area contributed by atoms with Crippen LogP contribution in [-0.4, -0.2) is 37.6 Å². The quantitative estimate of drug-likeness (QED) is 0.413. The average molecular weight is 397 g/mol. The van der Waals surface area contributed by atoms with Crippen LogP contribution in [0.4, 0.5) is 0 Å². The third-order valence-corrected chi connectivity index (χ3v) is 5.46. The van der Waals surface area contributed by atoms with E-state index in [0.717, 1.165) is 29.1 Å². The summed E-state index contributed by atoms with van der Waals surface area (Å²) in [5.74, 6) is 0.512. The minimum absolute atomic E-state index is 0.209. The van der Waals surface area contributed by atoms with Crippen molar-refractivity contribution in [2.75, 3.05) is 6.61 Å². The maximum absolute atomic E-state index is 12.4. The summed E-state index contributed by atoms with van der Waals surface area (Å²) in [6.45, 7) is 6.30. The van der Waals surface area contributed by atoms with Crippen molar-refractivity contribution >= 4 is 17.7 Å². The zero-order valence-corrected chi connectivity index (χ0v) is 17.1. The summed E-state index contributed by atoms with van der Waals surface area (Å²) >= 11 is 1.41. The normalized spacial score (nSPS) is 12.0. The molecule has 0 amide bonds. The third-order valence-electron chi connectivity index (χ3n) is 4.28. The Morgan fingerprint density at radius 2 is 1.89 bits per heavy atom. The first kappa shape index (κ1) is 20.1. The first-order chi connectivity index (χ1) is 13.7. The van der Waals surface area contributed by atoms with Crippen LogP contribution in [0.15, 0.2) is 53.9 Å². The highest BCUT2D eigenvalue weighted by molar-refractivity contribution is 8.00. The largest absolute Gasteiger partial charge is 0.465 e. The molecule has 28 heavy (non-hydrogen) atoms. The molecular weight excluding hydrogens is 372 g/mol. The highest BCUT2D eigenvalue weighted by Gasteiger charge is 2.25. The maximum Gasteiger partial charge on any atom is 0.319 e. The van der Waals surface area contributed by atoms with Gasteiger partial charge in [-0.1, -0.05) is 43.3 Å². The van der Waals surface area contributed by atoms with E-state index in [1.54, 1.807) is 12.4 Å². The number of aromatic nitrogens is 4. The number of pyridine rings is 1. The van der Waals surface area contributed by atoms with E-state index in [9.17, 15) is 4.79 Å². The number of aryl methyl sites for hydroxylation is 1. The minimum Gasteiger partial charge on any atom is -0.465 e. The van der Waals surface area contributed by atoms with Crippen molar-refractivity contribution < 1.29 is 9.53 Å². The van der Waals surface area contributed by atoms with Crippen LogP contribution in [0.5, 0.6) is 0 Å². The van der Waals surface area contributed by atoms with Crippen molar-refractivity contribution in [1.82, 2.24) is 19.7 Å². The number of hydrogen-bond donors (Lipinski definition) is 0. The van der Waals surface area contributed by atoms with Crippen LogP contribution in [0.25, 0.3) is 17.1 Å². The van der Waals surface area contributed by atoms with Crippen molar-refractivity contribution in [2.45, 2.75) is 44.0 Å². The summed E-state index contributed by atoms with van der Waals surface area (Å²) in [6.07, 6.45) is 5.07. The highest BCUT2D eigenvalue weighted by atomic mass is 32.2. The van der Waals surface area contributed by atoms with Gasteiger partial charge < -0.3 is 4.74 Å². The minimum atomic E-state index is -0.317. The second-order valence-electron chi connectivity index (χ2n) is 6.31. The number of esters is 1. The van der Waals surface area contributed by atoms with Gasteiger partial charge in [-0.3, -0.25) is 14.3 Å². The van der Waals surface area contributed by atoms with Gasteiger partial charge in [0.25, 0.3) is 0 Å². The first-order valence-corrected chi connectivity index (χ1v) is 10.3. The van der Waals surface area contributed by atoms with Gasteiger partial charge in [-0.2, -0.15) is 0 Å². The van der Waals surface area contributed by atoms with E-state index in [2.05, 4.69) is 35.1 Å². The van der Waals surface area contributed by atoms with E-state index < -0.39 is 0 Å². The summed E-state index contributed by atoms with van der Waals surface area (Å²) in [7, 11) is 0. The zero-order chi connectivity index (χ0) is 19.9. The van der Waals surface area contributed by atoms with Gasteiger partial charge in [0.1, 0.15) is 5.25 Å². The molecule has 3 aromatic rings. The van der Waals surface area contributed by atoms with E-state index in [1.807, 2.05) is 41.8 Å². The number of ether oxygens (including phenoxy) is 1. The van der Waals surface area contributed by atoms with Crippen LogP contribution in [0.1, 0.15) is 32.3 Å². The van der Waals surface area contributed by atoms with E-state index in [4.69, 9.17) is 4.74 Å². The average Bonchev–Trinajstić information content (AvgIpc) is 3.12. The van der Waals surface area contributed by atoms with Gasteiger partial charge in [0.15, 0.2) is 11.0 Å². The third kappa shape index (κ3) is 4.42. The molecule has 0 aliphatic heterocycles. The molecule has 0 saturated heterocycles. The van der Waals surface area contributed by atoms with Crippen LogP contribution in [0.3, 0.4) is 0 Å². The SMILES string of the molecule is CCCC(Sc1nnc(-c2ccncc2)n1-c1ccccc1C)C(=O)OCC. The lowest BCUT2D eigenvalue weighted by Crippen LogP contribution is -2.21. The van der Waals surface area contributed by atoms with Crippen molar-refractivity contribution in [3.05, 3.63) is 54.4 Å². The molecule has 0 spiro atoms. The van der Waals surface area contributed by atoms with Gasteiger partial charge in [0, 0.05) is 18.0 Å². The van der Waals surface area contributed by atoms with Gasteiger partial charge in [-0.05, 0) is 44.0 Å². The molecule has 2 aromatic heterocycles. The molecule has 0 radical (unpaired) electrons. The Bertz CT molecular complexity index is 927. The Kier molecular flexibility index (Phi) is 6.81. The summed E-state index contributed by atoms with van der Waals surface area (Å²) in [5.41, 5.74) is 3.00. The molecule has 1 unspecified atom stereocenters. The molecule has 7 heteroatoms. The van der Waals surface area contributed by atoms with Crippen molar-refractivity contribution in [1.29, 1.82) is 0 Å². The predicted molar refractivity (Wildman–Crippen MR) is 111 cm³/mol. The van der Waals surface area contributed by atoms with Gasteiger partial charge in [-0.25, -0.2) is 0 Å². The Morgan fingerprint density at radius 1 is 1.14 bits per heavy atom. The highest BCUT2D eigenvalue weighted by Crippen LogP contribution is 2.32. The molecule has 3 rings (SSSR count). The number of rotatable bonds is 8. The van der Waals surface area contributed by atoms with E-state index in [-0.39, 0.29) is 11.2 Å². The van der Waals surface area contributed by atoms with Gasteiger partial charge >= 0.3 is 5.97 Å². The molecule has 0 bridgehead atoms. The first-order valence-electron chi connectivity index (χ1n) is 9.40. The van der Waals surface area contributed by atoms with Crippen LogP contribution >= 0.6 is 11.8 Å². The van der Waals surface area contributed by atoms with Crippen LogP contribution in [-0.2, 0) is 9.53 Å². The molecule has 0 aliphatic carbocycles. The summed E-state index contributed by atoms with van der Waals surface area (Å²) < 4.78 is 7.28. The molecule has 0 fully saturated rings. The molecule has 1 atom stereocenters. The van der Waals surface area contributed by atoms with Gasteiger partial charge in [0.05, 0.1) is 12.3 Å². The fourth-order valence-electron chi connectivity index (χ4n) is 2.92. The molecular formula is C21H24N4O2S. The molecule has 6 nitrogen and oxygen atoms in total. The molecule has 0 N–H and O–H groups in total. The molecule has 146 valence electrons. The van der Waals surface area contributed by atoms with Crippen molar-refractivity contribution in [3.8, 4) is 17.1 Å². The lowest BCUT2D eigenvalue weighted by molar-refractivity contribution is -0.142. The Balaban J connectivity index is 2.08. The number of nitrogens with zero attached hydrogens (tertiary/aromatic N) is 4. The number of benzene rings is 1. The Labute approximate surface area is 169 Å². The number of hydrogen-bond acceptors (Lipinski definition) is 6. The topological polar surface area (TPSA) is 69.9 Å². The lowest BCUT2D eigenvalue weighted by Gasteiger charge is -2.16. The zero-order valence-electron chi connectivity index (χ0n) is 16.3. The summed E-state index contributed by atoms with van der Waals surface area (Å²) in [6, 6.07) is 11.9.